The van der Waals surface area contributed by atoms with Gasteiger partial charge in [0.25, 0.3) is 10.0 Å². The molecule has 0 saturated carbocycles. The van der Waals surface area contributed by atoms with E-state index < -0.39 is 10.0 Å². The molecule has 0 heterocycles. The molecule has 0 saturated heterocycles. The number of benzene rings is 2. The Morgan fingerprint density at radius 1 is 1.05 bits per heavy atom. The molecule has 5 heteroatoms. The highest BCUT2D eigenvalue weighted by Crippen LogP contribution is 2.25. The van der Waals surface area contributed by atoms with E-state index in [1.807, 2.05) is 32.9 Å². The predicted octanol–water partition coefficient (Wildman–Crippen LogP) is 3.68. The SMILES string of the molecule is CCc1cc(S(=O)(=O)Nc2ccc(C)c(C)c2)ccc1OC. The quantitative estimate of drug-likeness (QED) is 0.914. The molecule has 0 aliphatic heterocycles. The van der Waals surface area contributed by atoms with Crippen molar-refractivity contribution in [2.75, 3.05) is 11.8 Å². The number of methoxy groups -OCH3 is 1. The van der Waals surface area contributed by atoms with Crippen molar-refractivity contribution in [1.82, 2.24) is 0 Å². The van der Waals surface area contributed by atoms with Crippen LogP contribution in [0.25, 0.3) is 0 Å². The Hall–Kier alpha value is -2.01. The summed E-state index contributed by atoms with van der Waals surface area (Å²) < 4.78 is 32.9. The Balaban J connectivity index is 2.35. The molecule has 2 aromatic carbocycles. The first-order valence-corrected chi connectivity index (χ1v) is 8.62. The summed E-state index contributed by atoms with van der Waals surface area (Å²) in [5.74, 6) is 0.702. The molecule has 0 aliphatic rings. The molecule has 0 radical (unpaired) electrons. The lowest BCUT2D eigenvalue weighted by Crippen LogP contribution is -2.13. The molecule has 0 aliphatic carbocycles. The molecule has 0 fully saturated rings. The molecule has 2 aromatic rings. The molecule has 0 amide bonds. The molecular weight excluding hydrogens is 298 g/mol. The van der Waals surface area contributed by atoms with Gasteiger partial charge in [0.2, 0.25) is 0 Å². The number of sulfonamides is 1. The van der Waals surface area contributed by atoms with E-state index in [2.05, 4.69) is 4.72 Å². The van der Waals surface area contributed by atoms with Crippen LogP contribution in [-0.4, -0.2) is 15.5 Å². The first-order chi connectivity index (χ1) is 10.4. The fraction of sp³-hybridized carbons (Fsp3) is 0.294. The maximum Gasteiger partial charge on any atom is 0.261 e. The van der Waals surface area contributed by atoms with E-state index in [1.165, 1.54) is 0 Å². The average Bonchev–Trinajstić information content (AvgIpc) is 2.50. The Labute approximate surface area is 132 Å². The van der Waals surface area contributed by atoms with E-state index in [4.69, 9.17) is 4.74 Å². The van der Waals surface area contributed by atoms with Gasteiger partial charge in [-0.3, -0.25) is 4.72 Å². The van der Waals surface area contributed by atoms with Crippen molar-refractivity contribution in [3.05, 3.63) is 53.1 Å². The van der Waals surface area contributed by atoms with Gasteiger partial charge in [0, 0.05) is 5.69 Å². The minimum absolute atomic E-state index is 0.239. The minimum atomic E-state index is -3.61. The van der Waals surface area contributed by atoms with E-state index >= 15 is 0 Å². The Bertz CT molecular complexity index is 782. The second-order valence-corrected chi connectivity index (χ2v) is 6.91. The van der Waals surface area contributed by atoms with Crippen LogP contribution in [0.2, 0.25) is 0 Å². The number of anilines is 1. The highest BCUT2D eigenvalue weighted by atomic mass is 32.2. The predicted molar refractivity (Wildman–Crippen MR) is 89.1 cm³/mol. The number of hydrogen-bond donors (Lipinski definition) is 1. The van der Waals surface area contributed by atoms with E-state index in [9.17, 15) is 8.42 Å². The zero-order valence-corrected chi connectivity index (χ0v) is 14.1. The summed E-state index contributed by atoms with van der Waals surface area (Å²) in [6.45, 7) is 5.91. The van der Waals surface area contributed by atoms with Crippen LogP contribution in [0.5, 0.6) is 5.75 Å². The molecule has 4 nitrogen and oxygen atoms in total. The molecule has 0 bridgehead atoms. The van der Waals surface area contributed by atoms with Crippen molar-refractivity contribution >= 4 is 15.7 Å². The van der Waals surface area contributed by atoms with Crippen LogP contribution >= 0.6 is 0 Å². The topological polar surface area (TPSA) is 55.4 Å². The number of hydrogen-bond acceptors (Lipinski definition) is 3. The largest absolute Gasteiger partial charge is 0.496 e. The molecular formula is C17H21NO3S. The van der Waals surface area contributed by atoms with Gasteiger partial charge in [-0.1, -0.05) is 13.0 Å². The number of nitrogens with one attached hydrogen (secondary N) is 1. The van der Waals surface area contributed by atoms with Gasteiger partial charge < -0.3 is 4.74 Å². The first kappa shape index (κ1) is 16.4. The third-order valence-corrected chi connectivity index (χ3v) is 5.08. The number of rotatable bonds is 5. The Morgan fingerprint density at radius 3 is 2.36 bits per heavy atom. The molecule has 0 atom stereocenters. The standard InChI is InChI=1S/C17H21NO3S/c1-5-14-11-16(8-9-17(14)21-4)22(19,20)18-15-7-6-12(2)13(3)10-15/h6-11,18H,5H2,1-4H3. The van der Waals surface area contributed by atoms with Crippen LogP contribution in [0.4, 0.5) is 5.69 Å². The summed E-state index contributed by atoms with van der Waals surface area (Å²) in [6, 6.07) is 10.4. The lowest BCUT2D eigenvalue weighted by Gasteiger charge is -2.12. The second kappa shape index (κ2) is 6.40. The highest BCUT2D eigenvalue weighted by Gasteiger charge is 2.16. The van der Waals surface area contributed by atoms with Crippen LogP contribution in [0, 0.1) is 13.8 Å². The normalized spacial score (nSPS) is 11.3. The molecule has 22 heavy (non-hydrogen) atoms. The van der Waals surface area contributed by atoms with Crippen molar-refractivity contribution in [2.24, 2.45) is 0 Å². The van der Waals surface area contributed by atoms with Gasteiger partial charge in [0.1, 0.15) is 5.75 Å². The summed E-state index contributed by atoms with van der Waals surface area (Å²) in [5, 5.41) is 0. The zero-order valence-electron chi connectivity index (χ0n) is 13.3. The lowest BCUT2D eigenvalue weighted by atomic mass is 10.1. The molecule has 0 aromatic heterocycles. The average molecular weight is 319 g/mol. The van der Waals surface area contributed by atoms with Crippen molar-refractivity contribution in [3.8, 4) is 5.75 Å². The van der Waals surface area contributed by atoms with Crippen molar-refractivity contribution in [1.29, 1.82) is 0 Å². The molecule has 118 valence electrons. The summed E-state index contributed by atoms with van der Waals surface area (Å²) in [6.07, 6.45) is 0.705. The highest BCUT2D eigenvalue weighted by molar-refractivity contribution is 7.92. The number of aryl methyl sites for hydroxylation is 3. The van der Waals surface area contributed by atoms with E-state index in [1.54, 1.807) is 31.4 Å². The van der Waals surface area contributed by atoms with Gasteiger partial charge in [-0.2, -0.15) is 0 Å². The van der Waals surface area contributed by atoms with Gasteiger partial charge in [0.15, 0.2) is 0 Å². The Kier molecular flexibility index (Phi) is 4.76. The maximum atomic E-state index is 12.5. The summed E-state index contributed by atoms with van der Waals surface area (Å²) in [4.78, 5) is 0.239. The third kappa shape index (κ3) is 3.42. The molecule has 0 unspecified atom stereocenters. The smallest absolute Gasteiger partial charge is 0.261 e. The van der Waals surface area contributed by atoms with Crippen molar-refractivity contribution < 1.29 is 13.2 Å². The fourth-order valence-electron chi connectivity index (χ4n) is 2.22. The van der Waals surface area contributed by atoms with Gasteiger partial charge in [-0.15, -0.1) is 0 Å². The minimum Gasteiger partial charge on any atom is -0.496 e. The number of ether oxygens (including phenoxy) is 1. The Morgan fingerprint density at radius 2 is 1.77 bits per heavy atom. The van der Waals surface area contributed by atoms with Crippen molar-refractivity contribution in [3.63, 3.8) is 0 Å². The van der Waals surface area contributed by atoms with Gasteiger partial charge >= 0.3 is 0 Å². The van der Waals surface area contributed by atoms with E-state index in [0.717, 1.165) is 16.7 Å². The first-order valence-electron chi connectivity index (χ1n) is 7.14. The van der Waals surface area contributed by atoms with Crippen LogP contribution in [0.15, 0.2) is 41.3 Å². The maximum absolute atomic E-state index is 12.5. The second-order valence-electron chi connectivity index (χ2n) is 5.23. The molecule has 0 spiro atoms. The fourth-order valence-corrected chi connectivity index (χ4v) is 3.32. The van der Waals surface area contributed by atoms with Crippen LogP contribution < -0.4 is 9.46 Å². The van der Waals surface area contributed by atoms with E-state index in [-0.39, 0.29) is 4.90 Å². The van der Waals surface area contributed by atoms with Gasteiger partial charge in [0.05, 0.1) is 12.0 Å². The summed E-state index contributed by atoms with van der Waals surface area (Å²) >= 11 is 0. The molecule has 2 rings (SSSR count). The lowest BCUT2D eigenvalue weighted by molar-refractivity contribution is 0.409. The van der Waals surface area contributed by atoms with Gasteiger partial charge in [-0.25, -0.2) is 8.42 Å². The van der Waals surface area contributed by atoms with E-state index in [0.29, 0.717) is 17.9 Å². The van der Waals surface area contributed by atoms with Gasteiger partial charge in [-0.05, 0) is 67.3 Å². The summed E-state index contributed by atoms with van der Waals surface area (Å²) in [7, 11) is -2.03. The van der Waals surface area contributed by atoms with Crippen LogP contribution in [0.1, 0.15) is 23.6 Å². The van der Waals surface area contributed by atoms with Crippen molar-refractivity contribution in [2.45, 2.75) is 32.1 Å². The van der Waals surface area contributed by atoms with Crippen LogP contribution in [0.3, 0.4) is 0 Å². The monoisotopic (exact) mass is 319 g/mol. The third-order valence-electron chi connectivity index (χ3n) is 3.70. The zero-order chi connectivity index (χ0) is 16.3. The summed E-state index contributed by atoms with van der Waals surface area (Å²) in [5.41, 5.74) is 3.60. The molecule has 1 N–H and O–H groups in total. The van der Waals surface area contributed by atoms with Crippen LogP contribution in [-0.2, 0) is 16.4 Å².